The summed E-state index contributed by atoms with van der Waals surface area (Å²) in [6.07, 6.45) is 4.27. The van der Waals surface area contributed by atoms with Crippen molar-refractivity contribution in [2.24, 2.45) is 5.92 Å². The first-order valence-corrected chi connectivity index (χ1v) is 4.88. The van der Waals surface area contributed by atoms with Crippen LogP contribution in [0.5, 0.6) is 0 Å². The second-order valence-electron chi connectivity index (χ2n) is 3.87. The zero-order valence-electron chi connectivity index (χ0n) is 7.18. The van der Waals surface area contributed by atoms with Crippen LogP contribution in [0.2, 0.25) is 0 Å². The van der Waals surface area contributed by atoms with Gasteiger partial charge >= 0.3 is 0 Å². The molecule has 1 unspecified atom stereocenters. The number of likely N-dealkylation sites (tertiary alicyclic amines) is 1. The Balaban J connectivity index is 1.67. The van der Waals surface area contributed by atoms with Gasteiger partial charge in [0.25, 0.3) is 0 Å². The number of hydrogen-bond acceptors (Lipinski definition) is 2. The molecule has 0 radical (unpaired) electrons. The molecule has 2 aliphatic heterocycles. The molecular formula is C9H18N2. The smallest absolute Gasteiger partial charge is 0.00218 e. The molecule has 2 nitrogen and oxygen atoms in total. The van der Waals surface area contributed by atoms with E-state index in [-0.39, 0.29) is 0 Å². The van der Waals surface area contributed by atoms with Crippen LogP contribution in [0.3, 0.4) is 0 Å². The van der Waals surface area contributed by atoms with Crippen molar-refractivity contribution < 1.29 is 0 Å². The quantitative estimate of drug-likeness (QED) is 0.629. The molecule has 0 amide bonds. The van der Waals surface area contributed by atoms with E-state index in [1.807, 2.05) is 0 Å². The van der Waals surface area contributed by atoms with Crippen molar-refractivity contribution in [3.63, 3.8) is 0 Å². The van der Waals surface area contributed by atoms with Crippen molar-refractivity contribution in [3.05, 3.63) is 0 Å². The van der Waals surface area contributed by atoms with E-state index in [0.29, 0.717) is 0 Å². The van der Waals surface area contributed by atoms with Gasteiger partial charge in [-0.05, 0) is 51.4 Å². The second-order valence-corrected chi connectivity index (χ2v) is 3.87. The van der Waals surface area contributed by atoms with Crippen LogP contribution < -0.4 is 5.32 Å². The fraction of sp³-hybridized carbons (Fsp3) is 1.00. The standard InChI is InChI=1S/C9H18N2/c1-3-9(7-10-4-1)8-11-5-2-6-11/h9-10H,1-8H2. The molecule has 11 heavy (non-hydrogen) atoms. The van der Waals surface area contributed by atoms with Gasteiger partial charge in [0.2, 0.25) is 0 Å². The second kappa shape index (κ2) is 3.55. The summed E-state index contributed by atoms with van der Waals surface area (Å²) in [6, 6.07) is 0. The van der Waals surface area contributed by atoms with E-state index in [1.165, 1.54) is 52.0 Å². The molecule has 0 aromatic rings. The average molecular weight is 154 g/mol. The molecule has 0 aromatic heterocycles. The molecule has 64 valence electrons. The van der Waals surface area contributed by atoms with Gasteiger partial charge in [0.15, 0.2) is 0 Å². The maximum absolute atomic E-state index is 3.46. The molecule has 2 saturated heterocycles. The first-order chi connectivity index (χ1) is 5.45. The van der Waals surface area contributed by atoms with Crippen molar-refractivity contribution in [1.82, 2.24) is 10.2 Å². The molecular weight excluding hydrogens is 136 g/mol. The number of rotatable bonds is 2. The minimum absolute atomic E-state index is 0.948. The summed E-state index contributed by atoms with van der Waals surface area (Å²) in [5.74, 6) is 0.948. The molecule has 0 bridgehead atoms. The highest BCUT2D eigenvalue weighted by molar-refractivity contribution is 4.76. The molecule has 2 aliphatic rings. The maximum Gasteiger partial charge on any atom is 0.00218 e. The van der Waals surface area contributed by atoms with Gasteiger partial charge < -0.3 is 10.2 Å². The van der Waals surface area contributed by atoms with Crippen LogP contribution in [0.15, 0.2) is 0 Å². The van der Waals surface area contributed by atoms with Gasteiger partial charge in [-0.25, -0.2) is 0 Å². The lowest BCUT2D eigenvalue weighted by Gasteiger charge is -2.35. The Bertz CT molecular complexity index is 115. The third-order valence-electron chi connectivity index (χ3n) is 2.86. The van der Waals surface area contributed by atoms with Gasteiger partial charge in [0, 0.05) is 6.54 Å². The molecule has 0 spiro atoms. The number of hydrogen-bond donors (Lipinski definition) is 1. The minimum atomic E-state index is 0.948. The molecule has 1 atom stereocenters. The Kier molecular flexibility index (Phi) is 2.44. The molecule has 2 heterocycles. The van der Waals surface area contributed by atoms with Crippen molar-refractivity contribution in [2.45, 2.75) is 19.3 Å². The first-order valence-electron chi connectivity index (χ1n) is 4.88. The van der Waals surface area contributed by atoms with Crippen LogP contribution in [0.4, 0.5) is 0 Å². The lowest BCUT2D eigenvalue weighted by molar-refractivity contribution is 0.141. The van der Waals surface area contributed by atoms with E-state index < -0.39 is 0 Å². The Morgan fingerprint density at radius 2 is 2.18 bits per heavy atom. The van der Waals surface area contributed by atoms with Crippen molar-refractivity contribution in [1.29, 1.82) is 0 Å². The normalized spacial score (nSPS) is 33.3. The van der Waals surface area contributed by atoms with Gasteiger partial charge in [-0.3, -0.25) is 0 Å². The molecule has 0 saturated carbocycles. The molecule has 0 aliphatic carbocycles. The molecule has 0 aromatic carbocycles. The van der Waals surface area contributed by atoms with Crippen LogP contribution in [0.25, 0.3) is 0 Å². The van der Waals surface area contributed by atoms with E-state index in [9.17, 15) is 0 Å². The summed E-state index contributed by atoms with van der Waals surface area (Å²) in [6.45, 7) is 6.58. The average Bonchev–Trinajstić information content (AvgIpc) is 1.99. The van der Waals surface area contributed by atoms with E-state index in [0.717, 1.165) is 5.92 Å². The highest BCUT2D eigenvalue weighted by Crippen LogP contribution is 2.15. The van der Waals surface area contributed by atoms with Gasteiger partial charge in [-0.2, -0.15) is 0 Å². The van der Waals surface area contributed by atoms with Gasteiger partial charge in [0.1, 0.15) is 0 Å². The Hall–Kier alpha value is -0.0800. The van der Waals surface area contributed by atoms with Crippen molar-refractivity contribution in [2.75, 3.05) is 32.7 Å². The Morgan fingerprint density at radius 3 is 2.73 bits per heavy atom. The van der Waals surface area contributed by atoms with Crippen LogP contribution in [-0.2, 0) is 0 Å². The summed E-state index contributed by atoms with van der Waals surface area (Å²) in [5, 5.41) is 3.46. The van der Waals surface area contributed by atoms with Gasteiger partial charge in [-0.1, -0.05) is 0 Å². The zero-order valence-corrected chi connectivity index (χ0v) is 7.18. The number of piperidine rings is 1. The van der Waals surface area contributed by atoms with Gasteiger partial charge in [0.05, 0.1) is 0 Å². The van der Waals surface area contributed by atoms with E-state index >= 15 is 0 Å². The highest BCUT2D eigenvalue weighted by Gasteiger charge is 2.20. The summed E-state index contributed by atoms with van der Waals surface area (Å²) in [4.78, 5) is 2.58. The number of nitrogens with one attached hydrogen (secondary N) is 1. The van der Waals surface area contributed by atoms with Crippen LogP contribution in [-0.4, -0.2) is 37.6 Å². The maximum atomic E-state index is 3.46. The van der Waals surface area contributed by atoms with Crippen molar-refractivity contribution >= 4 is 0 Å². The SMILES string of the molecule is C1CNCC(CN2CCC2)C1. The monoisotopic (exact) mass is 154 g/mol. The first kappa shape index (κ1) is 7.56. The largest absolute Gasteiger partial charge is 0.316 e. The Morgan fingerprint density at radius 1 is 1.27 bits per heavy atom. The van der Waals surface area contributed by atoms with E-state index in [2.05, 4.69) is 10.2 Å². The highest BCUT2D eigenvalue weighted by atomic mass is 15.2. The summed E-state index contributed by atoms with van der Waals surface area (Å²) in [5.41, 5.74) is 0. The summed E-state index contributed by atoms with van der Waals surface area (Å²) in [7, 11) is 0. The fourth-order valence-electron chi connectivity index (χ4n) is 2.01. The number of nitrogens with zero attached hydrogens (tertiary/aromatic N) is 1. The predicted octanol–water partition coefficient (Wildman–Crippen LogP) is 0.692. The van der Waals surface area contributed by atoms with Crippen LogP contribution in [0.1, 0.15) is 19.3 Å². The van der Waals surface area contributed by atoms with Crippen LogP contribution in [0, 0.1) is 5.92 Å². The van der Waals surface area contributed by atoms with E-state index in [1.54, 1.807) is 0 Å². The molecule has 1 N–H and O–H groups in total. The summed E-state index contributed by atoms with van der Waals surface area (Å²) < 4.78 is 0. The Labute approximate surface area is 69.0 Å². The molecule has 2 fully saturated rings. The molecule has 2 heteroatoms. The topological polar surface area (TPSA) is 15.3 Å². The minimum Gasteiger partial charge on any atom is -0.316 e. The lowest BCUT2D eigenvalue weighted by atomic mass is 9.98. The van der Waals surface area contributed by atoms with Crippen LogP contribution >= 0.6 is 0 Å². The fourth-order valence-corrected chi connectivity index (χ4v) is 2.01. The third-order valence-corrected chi connectivity index (χ3v) is 2.86. The lowest BCUT2D eigenvalue weighted by Crippen LogP contribution is -2.44. The summed E-state index contributed by atoms with van der Waals surface area (Å²) >= 11 is 0. The third kappa shape index (κ3) is 1.94. The predicted molar refractivity (Wildman–Crippen MR) is 46.7 cm³/mol. The van der Waals surface area contributed by atoms with Gasteiger partial charge in [-0.15, -0.1) is 0 Å². The molecule has 2 rings (SSSR count). The zero-order chi connectivity index (χ0) is 7.52. The van der Waals surface area contributed by atoms with Crippen molar-refractivity contribution in [3.8, 4) is 0 Å². The van der Waals surface area contributed by atoms with E-state index in [4.69, 9.17) is 0 Å².